The van der Waals surface area contributed by atoms with Gasteiger partial charge in [-0.3, -0.25) is 5.32 Å². The van der Waals surface area contributed by atoms with E-state index in [9.17, 15) is 0 Å². The summed E-state index contributed by atoms with van der Waals surface area (Å²) in [4.78, 5) is 0. The van der Waals surface area contributed by atoms with Crippen LogP contribution in [0.4, 0.5) is 0 Å². The smallest absolute Gasteiger partial charge is 0.145 e. The molecule has 0 fully saturated rings. The molecule has 5 nitrogen and oxygen atoms in total. The largest absolute Gasteiger partial charge is 0.455 e. The van der Waals surface area contributed by atoms with E-state index in [1.54, 1.807) is 0 Å². The summed E-state index contributed by atoms with van der Waals surface area (Å²) in [5.74, 6) is 0. The summed E-state index contributed by atoms with van der Waals surface area (Å²) in [6.07, 6.45) is 4.41. The predicted molar refractivity (Wildman–Crippen MR) is 243 cm³/mol. The number of fused-ring (bicyclic) bond motifs is 14. The fourth-order valence-corrected chi connectivity index (χ4v) is 10.0. The van der Waals surface area contributed by atoms with Crippen molar-refractivity contribution in [2.75, 3.05) is 0 Å². The van der Waals surface area contributed by atoms with Crippen LogP contribution in [0.15, 0.2) is 198 Å². The number of hydrogen-bond acceptors (Lipinski definition) is 3. The Balaban J connectivity index is 0.999. The first-order valence-corrected chi connectivity index (χ1v) is 20.3. The summed E-state index contributed by atoms with van der Waals surface area (Å²) in [5, 5.41) is 14.9. The Morgan fingerprint density at radius 2 is 1.15 bits per heavy atom. The first-order valence-electron chi connectivity index (χ1n) is 20.3. The molecular formula is C54H36N4O. The Kier molecular flexibility index (Phi) is 6.85. The van der Waals surface area contributed by atoms with Crippen molar-refractivity contribution in [2.45, 2.75) is 12.2 Å². The molecule has 0 bridgehead atoms. The van der Waals surface area contributed by atoms with Crippen LogP contribution >= 0.6 is 0 Å². The molecule has 1 aliphatic carbocycles. The van der Waals surface area contributed by atoms with Crippen LogP contribution in [0.25, 0.3) is 88.7 Å². The number of nitrogens with zero attached hydrogens (tertiary/aromatic N) is 2. The molecule has 0 amide bonds. The van der Waals surface area contributed by atoms with Gasteiger partial charge in [-0.1, -0.05) is 133 Å². The van der Waals surface area contributed by atoms with Gasteiger partial charge in [-0.25, -0.2) is 0 Å². The van der Waals surface area contributed by atoms with Crippen LogP contribution in [0.1, 0.15) is 34.5 Å². The summed E-state index contributed by atoms with van der Waals surface area (Å²) >= 11 is 0. The monoisotopic (exact) mass is 756 g/mol. The molecule has 11 aromatic rings. The van der Waals surface area contributed by atoms with E-state index >= 15 is 0 Å². The lowest BCUT2D eigenvalue weighted by Gasteiger charge is -2.38. The summed E-state index contributed by atoms with van der Waals surface area (Å²) in [6.45, 7) is 0. The van der Waals surface area contributed by atoms with Crippen LogP contribution in [0, 0.1) is 0 Å². The molecule has 3 aromatic heterocycles. The highest BCUT2D eigenvalue weighted by Crippen LogP contribution is 2.46. The predicted octanol–water partition coefficient (Wildman–Crippen LogP) is 13.2. The minimum Gasteiger partial charge on any atom is -0.455 e. The third-order valence-corrected chi connectivity index (χ3v) is 12.6. The van der Waals surface area contributed by atoms with Crippen molar-refractivity contribution >= 4 is 77.3 Å². The van der Waals surface area contributed by atoms with Gasteiger partial charge in [0, 0.05) is 44.0 Å². The van der Waals surface area contributed by atoms with Gasteiger partial charge in [0.2, 0.25) is 0 Å². The van der Waals surface area contributed by atoms with Gasteiger partial charge in [-0.15, -0.1) is 0 Å². The first kappa shape index (κ1) is 32.5. The number of hydrogen-bond donors (Lipinski definition) is 2. The van der Waals surface area contributed by atoms with E-state index in [4.69, 9.17) is 4.42 Å². The highest BCUT2D eigenvalue weighted by molar-refractivity contribution is 6.31. The van der Waals surface area contributed by atoms with Crippen LogP contribution in [0.2, 0.25) is 0 Å². The van der Waals surface area contributed by atoms with Crippen molar-refractivity contribution in [1.82, 2.24) is 19.8 Å². The second kappa shape index (κ2) is 12.4. The van der Waals surface area contributed by atoms with Crippen LogP contribution in [0.3, 0.4) is 0 Å². The molecule has 4 heterocycles. The average Bonchev–Trinajstić information content (AvgIpc) is 3.97. The molecule has 0 spiro atoms. The molecular weight excluding hydrogens is 721 g/mol. The van der Waals surface area contributed by atoms with Gasteiger partial charge in [-0.2, -0.15) is 0 Å². The minimum absolute atomic E-state index is 0.0641. The van der Waals surface area contributed by atoms with Gasteiger partial charge < -0.3 is 18.9 Å². The van der Waals surface area contributed by atoms with Crippen LogP contribution < -0.4 is 10.6 Å². The maximum atomic E-state index is 6.70. The minimum atomic E-state index is -0.0954. The Labute approximate surface area is 339 Å². The first-order chi connectivity index (χ1) is 29.3. The number of rotatable bonds is 4. The lowest BCUT2D eigenvalue weighted by atomic mass is 9.84. The maximum absolute atomic E-state index is 6.70. The zero-order chi connectivity index (χ0) is 38.6. The molecule has 2 atom stereocenters. The summed E-state index contributed by atoms with van der Waals surface area (Å²) < 4.78 is 11.6. The quantitative estimate of drug-likeness (QED) is 0.188. The molecule has 5 heteroatoms. The van der Waals surface area contributed by atoms with Crippen LogP contribution in [-0.4, -0.2) is 9.13 Å². The Morgan fingerprint density at radius 1 is 0.475 bits per heavy atom. The molecule has 2 N–H and O–H groups in total. The number of benzene rings is 8. The van der Waals surface area contributed by atoms with Crippen molar-refractivity contribution < 1.29 is 4.42 Å². The Morgan fingerprint density at radius 3 is 2.00 bits per heavy atom. The highest BCUT2D eigenvalue weighted by Gasteiger charge is 2.32. The van der Waals surface area contributed by atoms with Crippen molar-refractivity contribution in [3.63, 3.8) is 0 Å². The molecule has 0 saturated heterocycles. The summed E-state index contributed by atoms with van der Waals surface area (Å²) in [7, 11) is 0. The zero-order valence-corrected chi connectivity index (χ0v) is 31.9. The van der Waals surface area contributed by atoms with Gasteiger partial charge in [-0.05, 0) is 88.5 Å². The van der Waals surface area contributed by atoms with Crippen molar-refractivity contribution in [3.05, 3.63) is 216 Å². The van der Waals surface area contributed by atoms with E-state index in [2.05, 4.69) is 208 Å². The number of aromatic nitrogens is 2. The molecule has 59 heavy (non-hydrogen) atoms. The van der Waals surface area contributed by atoms with Gasteiger partial charge in [0.05, 0.1) is 33.5 Å². The average molecular weight is 757 g/mol. The standard InChI is InChI=1S/C54H36N4O/c1-3-14-34(15-4-1)50-43-28-25-33-13-7-8-18-38(33)51(43)56-54(55-50)35-23-26-37(27-24-35)57-44-21-11-9-20-41(44)48-45(57)32-30-42-49-46(58(52(42)48)36-16-5-2-6-17-36)31-29-40-39-19-10-12-22-47(39)59-53(40)49/h1-32,51,54-56H. The lowest BCUT2D eigenvalue weighted by Crippen LogP contribution is -2.42. The second-order valence-electron chi connectivity index (χ2n) is 15.7. The third-order valence-electron chi connectivity index (χ3n) is 12.6. The SMILES string of the molecule is C1=Cc2ccccc2C2NC(c3ccc(-n4c5ccccc5c5c4ccc4c6c7oc8ccccc8c7ccc6n(-c6ccccc6)c45)cc3)NC(c3ccccc3)=C12. The van der Waals surface area contributed by atoms with Crippen molar-refractivity contribution in [3.8, 4) is 11.4 Å². The van der Waals surface area contributed by atoms with Crippen molar-refractivity contribution in [1.29, 1.82) is 0 Å². The van der Waals surface area contributed by atoms with Gasteiger partial charge in [0.15, 0.2) is 0 Å². The van der Waals surface area contributed by atoms with Crippen LogP contribution in [0.5, 0.6) is 0 Å². The Bertz CT molecular complexity index is 3550. The Hall–Kier alpha value is -7.60. The van der Waals surface area contributed by atoms with E-state index in [1.165, 1.54) is 55.0 Å². The second-order valence-corrected chi connectivity index (χ2v) is 15.7. The maximum Gasteiger partial charge on any atom is 0.145 e. The third kappa shape index (κ3) is 4.71. The number of para-hydroxylation sites is 3. The van der Waals surface area contributed by atoms with Gasteiger partial charge >= 0.3 is 0 Å². The number of nitrogens with one attached hydrogen (secondary N) is 2. The topological polar surface area (TPSA) is 47.1 Å². The fourth-order valence-electron chi connectivity index (χ4n) is 10.0. The number of furan rings is 1. The van der Waals surface area contributed by atoms with E-state index < -0.39 is 0 Å². The molecule has 278 valence electrons. The van der Waals surface area contributed by atoms with Gasteiger partial charge in [0.1, 0.15) is 17.3 Å². The van der Waals surface area contributed by atoms with Gasteiger partial charge in [0.25, 0.3) is 0 Å². The lowest BCUT2D eigenvalue weighted by molar-refractivity contribution is 0.431. The summed E-state index contributed by atoms with van der Waals surface area (Å²) in [6, 6.07) is 65.6. The van der Waals surface area contributed by atoms with Crippen molar-refractivity contribution in [2.24, 2.45) is 0 Å². The molecule has 0 saturated carbocycles. The molecule has 2 unspecified atom stereocenters. The normalized spacial score (nSPS) is 16.4. The van der Waals surface area contributed by atoms with E-state index in [1.807, 2.05) is 6.07 Å². The van der Waals surface area contributed by atoms with Crippen LogP contribution in [-0.2, 0) is 0 Å². The molecule has 1 aliphatic heterocycles. The molecule has 2 aliphatic rings. The zero-order valence-electron chi connectivity index (χ0n) is 31.9. The molecule has 8 aromatic carbocycles. The van der Waals surface area contributed by atoms with E-state index in [0.717, 1.165) is 55.4 Å². The fraction of sp³-hybridized carbons (Fsp3) is 0.0370. The van der Waals surface area contributed by atoms with E-state index in [-0.39, 0.29) is 12.2 Å². The molecule has 0 radical (unpaired) electrons. The molecule has 13 rings (SSSR count). The van der Waals surface area contributed by atoms with E-state index in [0.29, 0.717) is 0 Å². The summed E-state index contributed by atoms with van der Waals surface area (Å²) in [5.41, 5.74) is 16.0. The highest BCUT2D eigenvalue weighted by atomic mass is 16.3.